The lowest BCUT2D eigenvalue weighted by molar-refractivity contribution is -0.0147. The second-order valence-corrected chi connectivity index (χ2v) is 8.77. The minimum atomic E-state index is -2.18. The highest BCUT2D eigenvalue weighted by Gasteiger charge is 2.58. The molecule has 0 bridgehead atoms. The summed E-state index contributed by atoms with van der Waals surface area (Å²) in [5, 5.41) is -0.134. The highest BCUT2D eigenvalue weighted by Crippen LogP contribution is 2.42. The molecule has 0 aromatic carbocycles. The van der Waals surface area contributed by atoms with Crippen molar-refractivity contribution in [2.45, 2.75) is 43.4 Å². The van der Waals surface area contributed by atoms with Gasteiger partial charge in [-0.3, -0.25) is 0 Å². The van der Waals surface area contributed by atoms with E-state index in [4.69, 9.17) is 13.6 Å². The number of hydrogen-bond acceptors (Lipinski definition) is 3. The molecule has 5 heteroatoms. The van der Waals surface area contributed by atoms with Gasteiger partial charge >= 0.3 is 8.56 Å². The van der Waals surface area contributed by atoms with E-state index in [2.05, 4.69) is 9.24 Å². The van der Waals surface area contributed by atoms with Crippen LogP contribution in [0.1, 0.15) is 32.1 Å². The van der Waals surface area contributed by atoms with Crippen molar-refractivity contribution in [3.8, 4) is 0 Å². The van der Waals surface area contributed by atoms with Crippen LogP contribution < -0.4 is 0 Å². The molecule has 1 heterocycles. The van der Waals surface area contributed by atoms with Gasteiger partial charge in [0.25, 0.3) is 0 Å². The first-order valence-corrected chi connectivity index (χ1v) is 8.90. The topological polar surface area (TPSA) is 27.7 Å². The van der Waals surface area contributed by atoms with Gasteiger partial charge in [0.15, 0.2) is 0 Å². The number of hydrogen-bond donors (Lipinski definition) is 0. The summed E-state index contributed by atoms with van der Waals surface area (Å²) < 4.78 is 17.5. The molecule has 16 heavy (non-hydrogen) atoms. The van der Waals surface area contributed by atoms with Crippen molar-refractivity contribution in [1.82, 2.24) is 0 Å². The largest absolute Gasteiger partial charge is 0.396 e. The molecule has 1 saturated heterocycles. The zero-order valence-electron chi connectivity index (χ0n) is 10.8. The Kier molecular flexibility index (Phi) is 5.89. The first-order chi connectivity index (χ1) is 7.70. The lowest BCUT2D eigenvalue weighted by atomic mass is 10.1. The molecular formula is C11H25O3PSi. The van der Waals surface area contributed by atoms with Gasteiger partial charge in [0.05, 0.1) is 0 Å². The minimum Gasteiger partial charge on any atom is -0.396 e. The maximum Gasteiger partial charge on any atom is 0.370 e. The second kappa shape index (κ2) is 6.46. The zero-order chi connectivity index (χ0) is 12.1. The predicted molar refractivity (Wildman–Crippen MR) is 72.0 cm³/mol. The highest BCUT2D eigenvalue weighted by atomic mass is 31.0. The summed E-state index contributed by atoms with van der Waals surface area (Å²) in [4.78, 5) is 0. The maximum atomic E-state index is 5.88. The molecule has 0 amide bonds. The van der Waals surface area contributed by atoms with Gasteiger partial charge in [0.1, 0.15) is 5.22 Å². The van der Waals surface area contributed by atoms with Crippen molar-refractivity contribution in [3.05, 3.63) is 0 Å². The van der Waals surface area contributed by atoms with Crippen LogP contribution in [0.25, 0.3) is 0 Å². The average molecular weight is 264 g/mol. The summed E-state index contributed by atoms with van der Waals surface area (Å²) in [6.07, 6.45) is 6.85. The third-order valence-electron chi connectivity index (χ3n) is 3.87. The van der Waals surface area contributed by atoms with E-state index in [1.54, 1.807) is 14.2 Å². The Bertz CT molecular complexity index is 211. The molecule has 1 rings (SSSR count). The van der Waals surface area contributed by atoms with Gasteiger partial charge < -0.3 is 13.6 Å². The Morgan fingerprint density at radius 3 is 2.38 bits per heavy atom. The first kappa shape index (κ1) is 14.6. The van der Waals surface area contributed by atoms with Crippen molar-refractivity contribution >= 4 is 17.8 Å². The zero-order valence-corrected chi connectivity index (χ0v) is 12.9. The fraction of sp³-hybridized carbons (Fsp3) is 1.00. The Labute approximate surface area is 103 Å². The monoisotopic (exact) mass is 264 g/mol. The molecule has 0 radical (unpaired) electrons. The van der Waals surface area contributed by atoms with Crippen molar-refractivity contribution in [3.63, 3.8) is 0 Å². The summed E-state index contributed by atoms with van der Waals surface area (Å²) in [5.41, 5.74) is 0. The molecule has 3 nitrogen and oxygen atoms in total. The van der Waals surface area contributed by atoms with E-state index in [9.17, 15) is 0 Å². The van der Waals surface area contributed by atoms with Crippen molar-refractivity contribution < 1.29 is 13.6 Å². The van der Waals surface area contributed by atoms with Gasteiger partial charge in [-0.25, -0.2) is 0 Å². The third kappa shape index (κ3) is 2.51. The molecule has 2 atom stereocenters. The second-order valence-electron chi connectivity index (χ2n) is 4.46. The lowest BCUT2D eigenvalue weighted by Crippen LogP contribution is -2.64. The van der Waals surface area contributed by atoms with Crippen molar-refractivity contribution in [2.75, 3.05) is 27.5 Å². The van der Waals surface area contributed by atoms with E-state index >= 15 is 0 Å². The molecule has 0 aromatic rings. The predicted octanol–water partition coefficient (Wildman–Crippen LogP) is 2.49. The molecule has 0 aliphatic carbocycles. The summed E-state index contributed by atoms with van der Waals surface area (Å²) >= 11 is 0. The standard InChI is InChI=1S/C11H25O3PSi/c1-12-11(8-6-9-15)7-4-5-10-16(11,13-2)14-3/h4-10,15H2,1-3H3. The number of rotatable bonds is 6. The molecule has 1 aliphatic rings. The van der Waals surface area contributed by atoms with Gasteiger partial charge in [0.2, 0.25) is 0 Å². The quantitative estimate of drug-likeness (QED) is 0.545. The molecule has 0 aromatic heterocycles. The summed E-state index contributed by atoms with van der Waals surface area (Å²) in [6.45, 7) is 0. The van der Waals surface area contributed by atoms with E-state index < -0.39 is 8.56 Å². The Morgan fingerprint density at radius 2 is 1.88 bits per heavy atom. The van der Waals surface area contributed by atoms with Gasteiger partial charge in [0, 0.05) is 21.3 Å². The van der Waals surface area contributed by atoms with Crippen LogP contribution in [-0.4, -0.2) is 41.3 Å². The van der Waals surface area contributed by atoms with E-state index in [0.29, 0.717) is 0 Å². The number of methoxy groups -OCH3 is 1. The molecule has 0 N–H and O–H groups in total. The molecule has 1 aliphatic heterocycles. The Balaban J connectivity index is 2.90. The minimum absolute atomic E-state index is 0.134. The Morgan fingerprint density at radius 1 is 1.19 bits per heavy atom. The smallest absolute Gasteiger partial charge is 0.370 e. The van der Waals surface area contributed by atoms with Crippen LogP contribution in [0.4, 0.5) is 0 Å². The summed E-state index contributed by atoms with van der Waals surface area (Å²) in [7, 11) is 5.99. The van der Waals surface area contributed by atoms with E-state index in [-0.39, 0.29) is 5.22 Å². The third-order valence-corrected chi connectivity index (χ3v) is 8.70. The van der Waals surface area contributed by atoms with E-state index in [1.165, 1.54) is 12.8 Å². The fourth-order valence-electron chi connectivity index (χ4n) is 2.91. The molecule has 0 saturated carbocycles. The van der Waals surface area contributed by atoms with Crippen molar-refractivity contribution in [2.24, 2.45) is 0 Å². The van der Waals surface area contributed by atoms with Gasteiger partial charge in [-0.2, -0.15) is 0 Å². The SMILES string of the molecule is COC1(CCCP)CCCC[Si]1(OC)OC. The van der Waals surface area contributed by atoms with Crippen LogP contribution in [0.15, 0.2) is 0 Å². The van der Waals surface area contributed by atoms with E-state index in [1.807, 2.05) is 7.11 Å². The van der Waals surface area contributed by atoms with Crippen LogP contribution in [0.2, 0.25) is 6.04 Å². The maximum absolute atomic E-state index is 5.88. The van der Waals surface area contributed by atoms with Crippen LogP contribution in [-0.2, 0) is 13.6 Å². The summed E-state index contributed by atoms with van der Waals surface area (Å²) in [5.74, 6) is 0. The highest BCUT2D eigenvalue weighted by molar-refractivity contribution is 7.16. The van der Waals surface area contributed by atoms with Crippen LogP contribution >= 0.6 is 9.24 Å². The van der Waals surface area contributed by atoms with Crippen LogP contribution in [0.5, 0.6) is 0 Å². The van der Waals surface area contributed by atoms with Crippen LogP contribution in [0.3, 0.4) is 0 Å². The lowest BCUT2D eigenvalue weighted by Gasteiger charge is -2.48. The molecule has 1 fully saturated rings. The molecular weight excluding hydrogens is 239 g/mol. The average Bonchev–Trinajstić information content (AvgIpc) is 2.36. The van der Waals surface area contributed by atoms with E-state index in [0.717, 1.165) is 31.5 Å². The molecule has 2 unspecified atom stereocenters. The van der Waals surface area contributed by atoms with Gasteiger partial charge in [-0.1, -0.05) is 12.8 Å². The molecule has 0 spiro atoms. The van der Waals surface area contributed by atoms with Gasteiger partial charge in [-0.05, 0) is 31.5 Å². The normalized spacial score (nSPS) is 29.2. The number of ether oxygens (including phenoxy) is 1. The molecule has 96 valence electrons. The van der Waals surface area contributed by atoms with Crippen LogP contribution in [0, 0.1) is 0 Å². The van der Waals surface area contributed by atoms with Crippen molar-refractivity contribution in [1.29, 1.82) is 0 Å². The first-order valence-electron chi connectivity index (χ1n) is 6.06. The van der Waals surface area contributed by atoms with Gasteiger partial charge in [-0.15, -0.1) is 9.24 Å². The fourth-order valence-corrected chi connectivity index (χ4v) is 7.03. The Hall–Kier alpha value is 0.527. The summed E-state index contributed by atoms with van der Waals surface area (Å²) in [6, 6.07) is 1.06.